The van der Waals surface area contributed by atoms with Crippen molar-refractivity contribution >= 4 is 0 Å². The zero-order chi connectivity index (χ0) is 14.4. The SMILES string of the molecule is CCC(C)CC(NC)c1cc(OC)c(OC)cc1C. The number of hydrogen-bond acceptors (Lipinski definition) is 3. The number of rotatable bonds is 7. The molecule has 0 amide bonds. The molecular formula is C16H27NO2. The normalized spacial score (nSPS) is 14.0. The Morgan fingerprint density at radius 1 is 1.16 bits per heavy atom. The van der Waals surface area contributed by atoms with Gasteiger partial charge < -0.3 is 14.8 Å². The Hall–Kier alpha value is -1.22. The molecule has 0 bridgehead atoms. The van der Waals surface area contributed by atoms with Crippen LogP contribution < -0.4 is 14.8 Å². The second-order valence-corrected chi connectivity index (χ2v) is 5.15. The number of methoxy groups -OCH3 is 2. The Labute approximate surface area is 117 Å². The zero-order valence-corrected chi connectivity index (χ0v) is 13.0. The summed E-state index contributed by atoms with van der Waals surface area (Å²) in [6.07, 6.45) is 2.33. The number of benzene rings is 1. The van der Waals surface area contributed by atoms with E-state index in [1.165, 1.54) is 17.5 Å². The molecule has 0 saturated carbocycles. The van der Waals surface area contributed by atoms with E-state index < -0.39 is 0 Å². The van der Waals surface area contributed by atoms with E-state index in [0.717, 1.165) is 17.9 Å². The summed E-state index contributed by atoms with van der Waals surface area (Å²) in [4.78, 5) is 0. The summed E-state index contributed by atoms with van der Waals surface area (Å²) in [7, 11) is 5.37. The van der Waals surface area contributed by atoms with Crippen LogP contribution in [0.3, 0.4) is 0 Å². The topological polar surface area (TPSA) is 30.5 Å². The molecule has 0 spiro atoms. The van der Waals surface area contributed by atoms with E-state index in [4.69, 9.17) is 9.47 Å². The van der Waals surface area contributed by atoms with Gasteiger partial charge in [-0.25, -0.2) is 0 Å². The van der Waals surface area contributed by atoms with Crippen LogP contribution in [0.2, 0.25) is 0 Å². The predicted octanol–water partition coefficient (Wildman–Crippen LogP) is 3.71. The van der Waals surface area contributed by atoms with Crippen LogP contribution in [0, 0.1) is 12.8 Å². The van der Waals surface area contributed by atoms with Gasteiger partial charge in [0, 0.05) is 6.04 Å². The van der Waals surface area contributed by atoms with Crippen LogP contribution in [-0.2, 0) is 0 Å². The predicted molar refractivity (Wildman–Crippen MR) is 80.2 cm³/mol. The van der Waals surface area contributed by atoms with Crippen LogP contribution in [-0.4, -0.2) is 21.3 Å². The first-order chi connectivity index (χ1) is 9.07. The molecule has 0 fully saturated rings. The Morgan fingerprint density at radius 3 is 2.21 bits per heavy atom. The molecule has 0 aliphatic heterocycles. The third-order valence-electron chi connectivity index (χ3n) is 3.83. The Kier molecular flexibility index (Phi) is 6.16. The van der Waals surface area contributed by atoms with Crippen LogP contribution in [0.4, 0.5) is 0 Å². The minimum atomic E-state index is 0.356. The fourth-order valence-corrected chi connectivity index (χ4v) is 2.34. The van der Waals surface area contributed by atoms with Crippen molar-refractivity contribution in [2.45, 2.75) is 39.7 Å². The van der Waals surface area contributed by atoms with E-state index >= 15 is 0 Å². The third-order valence-corrected chi connectivity index (χ3v) is 3.83. The maximum atomic E-state index is 5.41. The van der Waals surface area contributed by atoms with Crippen molar-refractivity contribution in [3.8, 4) is 11.5 Å². The summed E-state index contributed by atoms with van der Waals surface area (Å²) >= 11 is 0. The average Bonchev–Trinajstić information content (AvgIpc) is 2.44. The van der Waals surface area contributed by atoms with Gasteiger partial charge in [-0.3, -0.25) is 0 Å². The van der Waals surface area contributed by atoms with Crippen LogP contribution in [0.5, 0.6) is 11.5 Å². The second-order valence-electron chi connectivity index (χ2n) is 5.15. The van der Waals surface area contributed by atoms with Crippen LogP contribution >= 0.6 is 0 Å². The maximum absolute atomic E-state index is 5.41. The van der Waals surface area contributed by atoms with Gasteiger partial charge in [0.2, 0.25) is 0 Å². The molecule has 0 heterocycles. The van der Waals surface area contributed by atoms with Crippen molar-refractivity contribution in [3.05, 3.63) is 23.3 Å². The molecule has 0 aliphatic carbocycles. The first kappa shape index (κ1) is 15.8. The minimum Gasteiger partial charge on any atom is -0.493 e. The molecule has 2 unspecified atom stereocenters. The Bertz CT molecular complexity index is 404. The molecule has 0 aliphatic rings. The average molecular weight is 265 g/mol. The highest BCUT2D eigenvalue weighted by Crippen LogP contribution is 2.34. The molecule has 108 valence electrons. The molecule has 1 N–H and O–H groups in total. The summed E-state index contributed by atoms with van der Waals surface area (Å²) in [5.74, 6) is 2.29. The number of ether oxygens (including phenoxy) is 2. The van der Waals surface area contributed by atoms with Gasteiger partial charge in [0.25, 0.3) is 0 Å². The lowest BCUT2D eigenvalue weighted by Crippen LogP contribution is -2.20. The van der Waals surface area contributed by atoms with Gasteiger partial charge in [-0.05, 0) is 49.6 Å². The highest BCUT2D eigenvalue weighted by atomic mass is 16.5. The molecule has 0 radical (unpaired) electrons. The molecule has 3 heteroatoms. The summed E-state index contributed by atoms with van der Waals surface area (Å²) < 4.78 is 10.7. The molecule has 1 aromatic carbocycles. The van der Waals surface area contributed by atoms with Gasteiger partial charge in [0.05, 0.1) is 14.2 Å². The monoisotopic (exact) mass is 265 g/mol. The van der Waals surface area contributed by atoms with Gasteiger partial charge in [-0.1, -0.05) is 20.3 Å². The smallest absolute Gasteiger partial charge is 0.161 e. The largest absolute Gasteiger partial charge is 0.493 e. The van der Waals surface area contributed by atoms with Crippen molar-refractivity contribution in [2.75, 3.05) is 21.3 Å². The highest BCUT2D eigenvalue weighted by Gasteiger charge is 2.17. The lowest BCUT2D eigenvalue weighted by Gasteiger charge is -2.23. The van der Waals surface area contributed by atoms with Crippen molar-refractivity contribution in [1.29, 1.82) is 0 Å². The molecule has 0 saturated heterocycles. The molecule has 1 aromatic rings. The minimum absolute atomic E-state index is 0.356. The van der Waals surface area contributed by atoms with Crippen molar-refractivity contribution in [3.63, 3.8) is 0 Å². The molecule has 19 heavy (non-hydrogen) atoms. The van der Waals surface area contributed by atoms with Crippen molar-refractivity contribution in [1.82, 2.24) is 5.32 Å². The molecule has 3 nitrogen and oxygen atoms in total. The maximum Gasteiger partial charge on any atom is 0.161 e. The molecule has 0 aromatic heterocycles. The number of nitrogens with one attached hydrogen (secondary N) is 1. The summed E-state index contributed by atoms with van der Waals surface area (Å²) in [6.45, 7) is 6.65. The fraction of sp³-hybridized carbons (Fsp3) is 0.625. The first-order valence-corrected chi connectivity index (χ1v) is 6.97. The fourth-order valence-electron chi connectivity index (χ4n) is 2.34. The number of aryl methyl sites for hydroxylation is 1. The summed E-state index contributed by atoms with van der Waals surface area (Å²) in [5, 5.41) is 3.42. The second kappa shape index (κ2) is 7.39. The van der Waals surface area contributed by atoms with Crippen LogP contribution in [0.15, 0.2) is 12.1 Å². The molecule has 1 rings (SSSR count). The van der Waals surface area contributed by atoms with E-state index in [1.807, 2.05) is 7.05 Å². The summed E-state index contributed by atoms with van der Waals surface area (Å²) in [6, 6.07) is 4.50. The van der Waals surface area contributed by atoms with E-state index in [9.17, 15) is 0 Å². The van der Waals surface area contributed by atoms with Gasteiger partial charge >= 0.3 is 0 Å². The van der Waals surface area contributed by atoms with E-state index in [-0.39, 0.29) is 0 Å². The molecule has 2 atom stereocenters. The Morgan fingerprint density at radius 2 is 1.74 bits per heavy atom. The van der Waals surface area contributed by atoms with Crippen LogP contribution in [0.25, 0.3) is 0 Å². The standard InChI is InChI=1S/C16H27NO2/c1-7-11(2)8-14(17-4)13-10-16(19-6)15(18-5)9-12(13)3/h9-11,14,17H,7-8H2,1-6H3. The lowest BCUT2D eigenvalue weighted by molar-refractivity contribution is 0.352. The highest BCUT2D eigenvalue weighted by molar-refractivity contribution is 5.48. The Balaban J connectivity index is 3.09. The third kappa shape index (κ3) is 3.87. The first-order valence-electron chi connectivity index (χ1n) is 6.97. The summed E-state index contributed by atoms with van der Waals surface area (Å²) in [5.41, 5.74) is 2.53. The zero-order valence-electron chi connectivity index (χ0n) is 13.0. The number of hydrogen-bond donors (Lipinski definition) is 1. The molecular weight excluding hydrogens is 238 g/mol. The van der Waals surface area contributed by atoms with Gasteiger partial charge in [-0.2, -0.15) is 0 Å². The van der Waals surface area contributed by atoms with Crippen molar-refractivity contribution < 1.29 is 9.47 Å². The van der Waals surface area contributed by atoms with Gasteiger partial charge in [0.15, 0.2) is 11.5 Å². The van der Waals surface area contributed by atoms with Crippen LogP contribution in [0.1, 0.15) is 43.9 Å². The van der Waals surface area contributed by atoms with Gasteiger partial charge in [-0.15, -0.1) is 0 Å². The van der Waals surface area contributed by atoms with E-state index in [1.54, 1.807) is 14.2 Å². The quantitative estimate of drug-likeness (QED) is 0.815. The van der Waals surface area contributed by atoms with E-state index in [0.29, 0.717) is 12.0 Å². The van der Waals surface area contributed by atoms with Gasteiger partial charge in [0.1, 0.15) is 0 Å². The van der Waals surface area contributed by atoms with Crippen molar-refractivity contribution in [2.24, 2.45) is 5.92 Å². The van der Waals surface area contributed by atoms with E-state index in [2.05, 4.69) is 38.2 Å². The lowest BCUT2D eigenvalue weighted by atomic mass is 9.91.